The third-order valence-electron chi connectivity index (χ3n) is 4.85. The zero-order chi connectivity index (χ0) is 21.0. The molecular weight excluding hydrogens is 374 g/mol. The Morgan fingerprint density at radius 3 is 2.48 bits per heavy atom. The number of benzene rings is 2. The van der Waals surface area contributed by atoms with E-state index < -0.39 is 10.8 Å². The van der Waals surface area contributed by atoms with Crippen molar-refractivity contribution in [1.29, 1.82) is 0 Å². The largest absolute Gasteiger partial charge is 0.369 e. The van der Waals surface area contributed by atoms with Gasteiger partial charge >= 0.3 is 0 Å². The van der Waals surface area contributed by atoms with Crippen LogP contribution in [0.4, 0.5) is 22.7 Å². The summed E-state index contributed by atoms with van der Waals surface area (Å²) < 4.78 is 0. The van der Waals surface area contributed by atoms with Gasteiger partial charge in [-0.15, -0.1) is 0 Å². The predicted octanol–water partition coefficient (Wildman–Crippen LogP) is 2.03. The summed E-state index contributed by atoms with van der Waals surface area (Å²) in [6.45, 7) is 4.36. The van der Waals surface area contributed by atoms with E-state index in [1.54, 1.807) is 19.1 Å². The molecule has 1 fully saturated rings. The molecule has 2 aromatic rings. The smallest absolute Gasteiger partial charge is 0.292 e. The molecule has 2 amide bonds. The second-order valence-electron chi connectivity index (χ2n) is 6.92. The van der Waals surface area contributed by atoms with Crippen molar-refractivity contribution in [2.75, 3.05) is 36.4 Å². The summed E-state index contributed by atoms with van der Waals surface area (Å²) in [7, 11) is 0. The van der Waals surface area contributed by atoms with E-state index in [4.69, 9.17) is 5.73 Å². The van der Waals surface area contributed by atoms with Gasteiger partial charge in [-0.05, 0) is 29.8 Å². The van der Waals surface area contributed by atoms with E-state index in [1.807, 2.05) is 29.2 Å². The molecule has 9 nitrogen and oxygen atoms in total. The van der Waals surface area contributed by atoms with E-state index in [0.717, 1.165) is 18.8 Å². The van der Waals surface area contributed by atoms with Crippen molar-refractivity contribution in [3.8, 4) is 0 Å². The predicted molar refractivity (Wildman–Crippen MR) is 110 cm³/mol. The molecule has 1 aliphatic heterocycles. The zero-order valence-corrected chi connectivity index (χ0v) is 16.1. The van der Waals surface area contributed by atoms with Crippen LogP contribution in [0.5, 0.6) is 0 Å². The van der Waals surface area contributed by atoms with Gasteiger partial charge < -0.3 is 20.9 Å². The van der Waals surface area contributed by atoms with E-state index in [0.29, 0.717) is 30.0 Å². The number of amides is 2. The Hall–Kier alpha value is -3.62. The van der Waals surface area contributed by atoms with Crippen LogP contribution in [0.1, 0.15) is 12.5 Å². The van der Waals surface area contributed by atoms with Crippen molar-refractivity contribution in [3.63, 3.8) is 0 Å². The van der Waals surface area contributed by atoms with Crippen LogP contribution < -0.4 is 16.0 Å². The number of piperazine rings is 1. The van der Waals surface area contributed by atoms with Gasteiger partial charge in [0, 0.05) is 50.5 Å². The average Bonchev–Trinajstić information content (AvgIpc) is 2.69. The number of anilines is 3. The summed E-state index contributed by atoms with van der Waals surface area (Å²) in [6, 6.07) is 12.2. The highest BCUT2D eigenvalue weighted by Crippen LogP contribution is 2.30. The number of carbonyl (C=O) groups excluding carboxylic acids is 2. The Morgan fingerprint density at radius 1 is 1.14 bits per heavy atom. The number of nitrogens with one attached hydrogen (secondary N) is 1. The topological polar surface area (TPSA) is 122 Å². The molecule has 0 atom stereocenters. The summed E-state index contributed by atoms with van der Waals surface area (Å²) >= 11 is 0. The first kappa shape index (κ1) is 20.1. The van der Waals surface area contributed by atoms with Crippen molar-refractivity contribution in [3.05, 3.63) is 58.1 Å². The van der Waals surface area contributed by atoms with Crippen LogP contribution in [0, 0.1) is 10.1 Å². The van der Waals surface area contributed by atoms with Crippen molar-refractivity contribution in [1.82, 2.24) is 4.90 Å². The van der Waals surface area contributed by atoms with Gasteiger partial charge in [0.25, 0.3) is 5.69 Å². The minimum atomic E-state index is -0.544. The van der Waals surface area contributed by atoms with Crippen molar-refractivity contribution < 1.29 is 14.5 Å². The van der Waals surface area contributed by atoms with Crippen molar-refractivity contribution in [2.24, 2.45) is 5.73 Å². The lowest BCUT2D eigenvalue weighted by atomic mass is 10.1. The highest BCUT2D eigenvalue weighted by atomic mass is 16.6. The first-order valence-corrected chi connectivity index (χ1v) is 9.26. The summed E-state index contributed by atoms with van der Waals surface area (Å²) in [5.74, 6) is -0.468. The van der Waals surface area contributed by atoms with Crippen molar-refractivity contribution >= 4 is 34.6 Å². The normalized spacial score (nSPS) is 13.8. The van der Waals surface area contributed by atoms with Gasteiger partial charge in [-0.3, -0.25) is 19.7 Å². The lowest BCUT2D eigenvalue weighted by Crippen LogP contribution is -2.48. The Bertz CT molecular complexity index is 938. The first-order valence-electron chi connectivity index (χ1n) is 9.26. The van der Waals surface area contributed by atoms with Gasteiger partial charge in [0.15, 0.2) is 0 Å². The molecule has 0 aliphatic carbocycles. The lowest BCUT2D eigenvalue weighted by molar-refractivity contribution is -0.384. The van der Waals surface area contributed by atoms with Crippen LogP contribution in [-0.4, -0.2) is 47.8 Å². The molecule has 29 heavy (non-hydrogen) atoms. The van der Waals surface area contributed by atoms with Gasteiger partial charge in [0.1, 0.15) is 5.69 Å². The molecule has 0 saturated carbocycles. The second-order valence-corrected chi connectivity index (χ2v) is 6.92. The molecule has 0 bridgehead atoms. The number of nitro benzene ring substituents is 1. The van der Waals surface area contributed by atoms with Gasteiger partial charge in [-0.25, -0.2) is 0 Å². The van der Waals surface area contributed by atoms with Crippen LogP contribution in [0.25, 0.3) is 0 Å². The van der Waals surface area contributed by atoms with Gasteiger partial charge in [-0.2, -0.15) is 0 Å². The molecule has 1 aliphatic rings. The average molecular weight is 397 g/mol. The standard InChI is InChI=1S/C20H23N5O4/c1-14(26)23-7-9-24(10-8-23)17-4-2-3-16(13-17)22-18-6-5-15(12-20(21)27)11-19(18)25(28)29/h2-6,11,13,22H,7-10,12H2,1H3,(H2,21,27). The molecule has 2 aromatic carbocycles. The number of hydrogen-bond acceptors (Lipinski definition) is 6. The Kier molecular flexibility index (Phi) is 5.96. The van der Waals surface area contributed by atoms with Crippen LogP contribution in [0.3, 0.4) is 0 Å². The van der Waals surface area contributed by atoms with Crippen LogP contribution in [-0.2, 0) is 16.0 Å². The molecule has 1 saturated heterocycles. The third kappa shape index (κ3) is 5.01. The maximum absolute atomic E-state index is 11.5. The number of hydrogen-bond donors (Lipinski definition) is 2. The number of nitro groups is 1. The van der Waals surface area contributed by atoms with Crippen LogP contribution >= 0.6 is 0 Å². The fourth-order valence-corrected chi connectivity index (χ4v) is 3.36. The Morgan fingerprint density at radius 2 is 1.86 bits per heavy atom. The molecular formula is C20H23N5O4. The molecule has 0 spiro atoms. The Balaban J connectivity index is 1.77. The molecule has 3 N–H and O–H groups in total. The molecule has 152 valence electrons. The Labute approximate surface area is 168 Å². The monoisotopic (exact) mass is 397 g/mol. The number of primary amides is 1. The SMILES string of the molecule is CC(=O)N1CCN(c2cccc(Nc3ccc(CC(N)=O)cc3[N+](=O)[O-])c2)CC1. The van der Waals surface area contributed by atoms with E-state index in [9.17, 15) is 19.7 Å². The first-order chi connectivity index (χ1) is 13.8. The van der Waals surface area contributed by atoms with E-state index in [-0.39, 0.29) is 18.0 Å². The highest BCUT2D eigenvalue weighted by molar-refractivity contribution is 5.78. The summed E-state index contributed by atoms with van der Waals surface area (Å²) in [6.07, 6.45) is -0.0527. The number of carbonyl (C=O) groups is 2. The molecule has 9 heteroatoms. The quantitative estimate of drug-likeness (QED) is 0.568. The van der Waals surface area contributed by atoms with E-state index in [1.165, 1.54) is 6.07 Å². The highest BCUT2D eigenvalue weighted by Gasteiger charge is 2.20. The maximum atomic E-state index is 11.5. The number of nitrogens with two attached hydrogens (primary N) is 1. The number of rotatable bonds is 6. The van der Waals surface area contributed by atoms with Crippen LogP contribution in [0.2, 0.25) is 0 Å². The third-order valence-corrected chi connectivity index (χ3v) is 4.85. The molecule has 0 unspecified atom stereocenters. The molecule has 3 rings (SSSR count). The summed E-state index contributed by atoms with van der Waals surface area (Å²) in [5.41, 5.74) is 7.57. The minimum Gasteiger partial charge on any atom is -0.369 e. The minimum absolute atomic E-state index is 0.0527. The van der Waals surface area contributed by atoms with E-state index >= 15 is 0 Å². The van der Waals surface area contributed by atoms with Gasteiger partial charge in [-0.1, -0.05) is 12.1 Å². The molecule has 0 radical (unpaired) electrons. The fourth-order valence-electron chi connectivity index (χ4n) is 3.36. The summed E-state index contributed by atoms with van der Waals surface area (Å²) in [4.78, 5) is 37.5. The van der Waals surface area contributed by atoms with Gasteiger partial charge in [0.2, 0.25) is 11.8 Å². The molecule has 1 heterocycles. The fraction of sp³-hybridized carbons (Fsp3) is 0.300. The maximum Gasteiger partial charge on any atom is 0.292 e. The van der Waals surface area contributed by atoms with Crippen LogP contribution in [0.15, 0.2) is 42.5 Å². The lowest BCUT2D eigenvalue weighted by Gasteiger charge is -2.35. The summed E-state index contributed by atoms with van der Waals surface area (Å²) in [5, 5.41) is 14.6. The molecule has 0 aromatic heterocycles. The van der Waals surface area contributed by atoms with Gasteiger partial charge in [0.05, 0.1) is 11.3 Å². The second kappa shape index (κ2) is 8.59. The van der Waals surface area contributed by atoms with Crippen molar-refractivity contribution in [2.45, 2.75) is 13.3 Å². The zero-order valence-electron chi connectivity index (χ0n) is 16.1. The number of nitrogens with zero attached hydrogens (tertiary/aromatic N) is 3. The van der Waals surface area contributed by atoms with E-state index in [2.05, 4.69) is 10.2 Å².